The Morgan fingerprint density at radius 2 is 2.03 bits per heavy atom. The first-order valence-corrected chi connectivity index (χ1v) is 11.9. The molecule has 0 bridgehead atoms. The molecule has 0 aliphatic heterocycles. The molecular formula is C23H20N8O4S. The Hall–Kier alpha value is -4.83. The van der Waals surface area contributed by atoms with Crippen LogP contribution in [-0.4, -0.2) is 52.7 Å². The molecule has 0 unspecified atom stereocenters. The number of nitro groups is 1. The second-order valence-electron chi connectivity index (χ2n) is 7.77. The van der Waals surface area contributed by atoms with Crippen molar-refractivity contribution in [3.63, 3.8) is 0 Å². The van der Waals surface area contributed by atoms with Gasteiger partial charge in [-0.1, -0.05) is 6.07 Å². The average molecular weight is 505 g/mol. The Morgan fingerprint density at radius 3 is 2.72 bits per heavy atom. The van der Waals surface area contributed by atoms with E-state index < -0.39 is 14.9 Å². The van der Waals surface area contributed by atoms with Crippen molar-refractivity contribution in [2.24, 2.45) is 5.10 Å². The number of nitro benzene ring substituents is 1. The first-order valence-electron chi connectivity index (χ1n) is 10.5. The van der Waals surface area contributed by atoms with E-state index in [4.69, 9.17) is 5.26 Å². The normalized spacial score (nSPS) is 11.5. The van der Waals surface area contributed by atoms with Gasteiger partial charge in [0.25, 0.3) is 15.7 Å². The third-order valence-electron chi connectivity index (χ3n) is 5.37. The van der Waals surface area contributed by atoms with Crippen molar-refractivity contribution in [1.29, 1.82) is 5.26 Å². The number of fused-ring (bicyclic) bond motifs is 1. The standard InChI is InChI=1S/C23H20N8O4S/c1-28(16-18-4-3-8-25-13-18)21-6-5-20(31(32)33)11-23(21)36(34,35)29(2)26-14-19-15-27-30-9-7-17(12-24)10-22(19)30/h3-11,13-15H,16H2,1-2H3/b26-14+. The lowest BCUT2D eigenvalue weighted by atomic mass is 10.2. The molecule has 1 aromatic carbocycles. The zero-order valence-electron chi connectivity index (χ0n) is 19.3. The molecule has 4 aromatic rings. The second-order valence-corrected chi connectivity index (χ2v) is 9.69. The highest BCUT2D eigenvalue weighted by Gasteiger charge is 2.27. The van der Waals surface area contributed by atoms with Gasteiger partial charge in [-0.25, -0.2) is 4.52 Å². The van der Waals surface area contributed by atoms with Gasteiger partial charge in [0.1, 0.15) is 4.90 Å². The number of nitriles is 1. The number of anilines is 1. The molecule has 36 heavy (non-hydrogen) atoms. The molecule has 0 atom stereocenters. The van der Waals surface area contributed by atoms with Crippen molar-refractivity contribution in [2.75, 3.05) is 19.0 Å². The van der Waals surface area contributed by atoms with E-state index >= 15 is 0 Å². The van der Waals surface area contributed by atoms with Crippen LogP contribution in [0.4, 0.5) is 11.4 Å². The van der Waals surface area contributed by atoms with Crippen molar-refractivity contribution >= 4 is 33.1 Å². The molecule has 3 heterocycles. The van der Waals surface area contributed by atoms with Crippen LogP contribution in [0.25, 0.3) is 5.52 Å². The molecule has 0 amide bonds. The minimum absolute atomic E-state index is 0.265. The Kier molecular flexibility index (Phi) is 6.62. The number of rotatable bonds is 8. The molecule has 0 fully saturated rings. The summed E-state index contributed by atoms with van der Waals surface area (Å²) in [5, 5.41) is 28.8. The molecule has 4 rings (SSSR count). The van der Waals surface area contributed by atoms with Crippen molar-refractivity contribution in [1.82, 2.24) is 19.0 Å². The fourth-order valence-electron chi connectivity index (χ4n) is 3.51. The van der Waals surface area contributed by atoms with Gasteiger partial charge in [-0.2, -0.15) is 28.3 Å². The van der Waals surface area contributed by atoms with E-state index in [1.165, 1.54) is 36.1 Å². The number of hydrogen-bond acceptors (Lipinski definition) is 9. The third-order valence-corrected chi connectivity index (χ3v) is 7.05. The number of pyridine rings is 2. The topological polar surface area (TPSA) is 150 Å². The Labute approximate surface area is 206 Å². The van der Waals surface area contributed by atoms with Gasteiger partial charge in [0.05, 0.1) is 40.2 Å². The summed E-state index contributed by atoms with van der Waals surface area (Å²) in [5.74, 6) is 0. The van der Waals surface area contributed by atoms with Crippen LogP contribution in [0.5, 0.6) is 0 Å². The van der Waals surface area contributed by atoms with E-state index in [0.29, 0.717) is 23.2 Å². The summed E-state index contributed by atoms with van der Waals surface area (Å²) in [4.78, 5) is 16.2. The molecule has 3 aromatic heterocycles. The SMILES string of the molecule is CN(Cc1cccnc1)c1ccc([N+](=O)[O-])cc1S(=O)(=O)N(C)/N=C/c1cnn2ccc(C#N)cc12. The first-order chi connectivity index (χ1) is 17.2. The molecule has 12 nitrogen and oxygen atoms in total. The lowest BCUT2D eigenvalue weighted by Crippen LogP contribution is -2.26. The molecule has 0 aliphatic carbocycles. The van der Waals surface area contributed by atoms with Crippen LogP contribution in [0, 0.1) is 21.4 Å². The van der Waals surface area contributed by atoms with Crippen LogP contribution in [-0.2, 0) is 16.6 Å². The smallest absolute Gasteiger partial charge is 0.281 e. The number of sulfonamides is 1. The maximum Gasteiger partial charge on any atom is 0.281 e. The highest BCUT2D eigenvalue weighted by Crippen LogP contribution is 2.31. The molecule has 0 N–H and O–H groups in total. The summed E-state index contributed by atoms with van der Waals surface area (Å²) in [6, 6.07) is 12.5. The maximum atomic E-state index is 13.5. The van der Waals surface area contributed by atoms with Gasteiger partial charge in [0, 0.05) is 56.9 Å². The molecule has 0 saturated carbocycles. The number of benzene rings is 1. The largest absolute Gasteiger partial charge is 0.369 e. The van der Waals surface area contributed by atoms with Gasteiger partial charge in [0.15, 0.2) is 0 Å². The number of hydrogen-bond donors (Lipinski definition) is 0. The van der Waals surface area contributed by atoms with Gasteiger partial charge in [-0.15, -0.1) is 0 Å². The lowest BCUT2D eigenvalue weighted by molar-refractivity contribution is -0.385. The minimum atomic E-state index is -4.29. The van der Waals surface area contributed by atoms with Crippen LogP contribution < -0.4 is 4.90 Å². The predicted octanol–water partition coefficient (Wildman–Crippen LogP) is 2.80. The number of aromatic nitrogens is 3. The average Bonchev–Trinajstić information content (AvgIpc) is 3.29. The summed E-state index contributed by atoms with van der Waals surface area (Å²) in [6.45, 7) is 0.324. The monoisotopic (exact) mass is 504 g/mol. The first kappa shape index (κ1) is 24.3. The maximum absolute atomic E-state index is 13.5. The molecular weight excluding hydrogens is 484 g/mol. The highest BCUT2D eigenvalue weighted by molar-refractivity contribution is 7.89. The Balaban J connectivity index is 1.70. The van der Waals surface area contributed by atoms with Crippen LogP contribution in [0.15, 0.2) is 77.2 Å². The van der Waals surface area contributed by atoms with Crippen molar-refractivity contribution in [3.05, 3.63) is 94.1 Å². The minimum Gasteiger partial charge on any atom is -0.369 e. The molecule has 0 aliphatic rings. The number of hydrazone groups is 1. The van der Waals surface area contributed by atoms with Crippen LogP contribution in [0.2, 0.25) is 0 Å². The highest BCUT2D eigenvalue weighted by atomic mass is 32.2. The summed E-state index contributed by atoms with van der Waals surface area (Å²) in [7, 11) is -1.37. The Morgan fingerprint density at radius 1 is 1.22 bits per heavy atom. The summed E-state index contributed by atoms with van der Waals surface area (Å²) in [5.41, 5.74) is 2.20. The van der Waals surface area contributed by atoms with E-state index in [-0.39, 0.29) is 16.3 Å². The van der Waals surface area contributed by atoms with Crippen molar-refractivity contribution < 1.29 is 13.3 Å². The second kappa shape index (κ2) is 9.80. The molecule has 182 valence electrons. The van der Waals surface area contributed by atoms with Gasteiger partial charge < -0.3 is 4.90 Å². The quantitative estimate of drug-likeness (QED) is 0.202. The fourth-order valence-corrected chi connectivity index (χ4v) is 4.72. The Bertz CT molecular complexity index is 1610. The van der Waals surface area contributed by atoms with Crippen molar-refractivity contribution in [3.8, 4) is 6.07 Å². The molecule has 0 radical (unpaired) electrons. The van der Waals surface area contributed by atoms with E-state index in [1.54, 1.807) is 48.7 Å². The number of non-ortho nitro benzene ring substituents is 1. The molecule has 0 spiro atoms. The fraction of sp³-hybridized carbons (Fsp3) is 0.130. The zero-order chi connectivity index (χ0) is 25.9. The summed E-state index contributed by atoms with van der Waals surface area (Å²) in [6.07, 6.45) is 7.68. The van der Waals surface area contributed by atoms with E-state index in [0.717, 1.165) is 16.0 Å². The number of nitrogens with zero attached hydrogens (tertiary/aromatic N) is 8. The van der Waals surface area contributed by atoms with Gasteiger partial charge in [-0.05, 0) is 29.8 Å². The van der Waals surface area contributed by atoms with Crippen LogP contribution >= 0.6 is 0 Å². The van der Waals surface area contributed by atoms with E-state index in [1.807, 2.05) is 12.1 Å². The van der Waals surface area contributed by atoms with Gasteiger partial charge in [-0.3, -0.25) is 15.1 Å². The van der Waals surface area contributed by atoms with Crippen molar-refractivity contribution in [2.45, 2.75) is 11.4 Å². The molecule has 13 heteroatoms. The van der Waals surface area contributed by atoms with E-state index in [2.05, 4.69) is 15.2 Å². The van der Waals surface area contributed by atoms with Gasteiger partial charge in [0.2, 0.25) is 0 Å². The van der Waals surface area contributed by atoms with E-state index in [9.17, 15) is 18.5 Å². The lowest BCUT2D eigenvalue weighted by Gasteiger charge is -2.24. The van der Waals surface area contributed by atoms with Crippen LogP contribution in [0.1, 0.15) is 16.7 Å². The summed E-state index contributed by atoms with van der Waals surface area (Å²) < 4.78 is 29.3. The predicted molar refractivity (Wildman–Crippen MR) is 132 cm³/mol. The van der Waals surface area contributed by atoms with Gasteiger partial charge >= 0.3 is 0 Å². The zero-order valence-corrected chi connectivity index (χ0v) is 20.1. The third kappa shape index (κ3) is 4.84. The molecule has 0 saturated heterocycles. The summed E-state index contributed by atoms with van der Waals surface area (Å²) >= 11 is 0. The van der Waals surface area contributed by atoms with Crippen LogP contribution in [0.3, 0.4) is 0 Å².